The number of aliphatic hydroxyl groups excluding tert-OH is 1. The second-order valence-corrected chi connectivity index (χ2v) is 8.33. The number of aliphatic hydroxyl groups is 1. The lowest BCUT2D eigenvalue weighted by molar-refractivity contribution is -0.196. The van der Waals surface area contributed by atoms with Crippen LogP contribution in [0, 0.1) is 10.8 Å². The van der Waals surface area contributed by atoms with E-state index in [-0.39, 0.29) is 30.2 Å². The number of carbonyl (C=O) groups is 2. The van der Waals surface area contributed by atoms with Crippen LogP contribution in [0.4, 0.5) is 13.2 Å². The van der Waals surface area contributed by atoms with Gasteiger partial charge in [0, 0.05) is 43.8 Å². The second-order valence-electron chi connectivity index (χ2n) is 8.33. The monoisotopic (exact) mass is 460 g/mol. The largest absolute Gasteiger partial charge is 0.476 e. The highest BCUT2D eigenvalue weighted by Crippen LogP contribution is 2.56. The van der Waals surface area contributed by atoms with Gasteiger partial charge in [0.2, 0.25) is 17.7 Å². The number of carbonyl (C=O) groups excluding carboxylic acids is 2. The second kappa shape index (κ2) is 9.72. The molecule has 32 heavy (non-hydrogen) atoms. The van der Waals surface area contributed by atoms with Gasteiger partial charge in [0.1, 0.15) is 0 Å². The molecule has 2 aromatic rings. The number of aromatic amines is 1. The molecule has 0 unspecified atom stereocenters. The Balaban J connectivity index is 0.000000178. The molecule has 2 aliphatic carbocycles. The highest BCUT2D eigenvalue weighted by Gasteiger charge is 2.62. The van der Waals surface area contributed by atoms with Crippen molar-refractivity contribution in [3.8, 4) is 5.88 Å². The Morgan fingerprint density at radius 3 is 2.06 bits per heavy atom. The van der Waals surface area contributed by atoms with Gasteiger partial charge in [-0.2, -0.15) is 13.2 Å². The molecule has 2 N–H and O–H groups in total. The minimum atomic E-state index is -4.19. The molecule has 0 spiro atoms. The van der Waals surface area contributed by atoms with Crippen LogP contribution in [0.5, 0.6) is 5.88 Å². The molecule has 0 radical (unpaired) electrons. The number of aromatic nitrogens is 4. The van der Waals surface area contributed by atoms with Crippen LogP contribution in [-0.2, 0) is 0 Å². The first-order valence-electron chi connectivity index (χ1n) is 9.96. The summed E-state index contributed by atoms with van der Waals surface area (Å²) in [5.41, 5.74) is -1.63. The fraction of sp³-hybridized carbons (Fsp3) is 0.600. The van der Waals surface area contributed by atoms with E-state index in [4.69, 9.17) is 9.84 Å². The molecular formula is C20H27F3N4O5. The Morgan fingerprint density at radius 1 is 1.16 bits per heavy atom. The zero-order chi connectivity index (χ0) is 24.2. The van der Waals surface area contributed by atoms with Crippen LogP contribution < -0.4 is 10.3 Å². The van der Waals surface area contributed by atoms with Crippen LogP contribution in [0.2, 0.25) is 0 Å². The lowest BCUT2D eigenvalue weighted by Crippen LogP contribution is -2.27. The standard InChI is InChI=1S/C10H14N2O2.C5H7F3O.C5H6N2O2/c1-8(13)12-6-3-9(11-12)14-7-10(2)4-5-10;6-5(7,8)4(3-9)1-2-4;1-4(8)7-3-2-5(9)6-7/h3,6H,4-5,7H2,1-2H3;9H,1-3H2;2-3H,1H3,(H,6,9). The molecule has 2 fully saturated rings. The predicted octanol–water partition coefficient (Wildman–Crippen LogP) is 2.88. The van der Waals surface area contributed by atoms with Crippen LogP contribution in [-0.4, -0.2) is 55.9 Å². The lowest BCUT2D eigenvalue weighted by Gasteiger charge is -2.14. The Hall–Kier alpha value is -2.89. The van der Waals surface area contributed by atoms with Gasteiger partial charge in [-0.05, 0) is 25.7 Å². The van der Waals surface area contributed by atoms with Crippen molar-refractivity contribution in [3.63, 3.8) is 0 Å². The molecule has 4 rings (SSSR count). The summed E-state index contributed by atoms with van der Waals surface area (Å²) < 4.78 is 43.1. The van der Waals surface area contributed by atoms with E-state index < -0.39 is 18.2 Å². The van der Waals surface area contributed by atoms with Crippen LogP contribution >= 0.6 is 0 Å². The molecule has 2 heterocycles. The number of ether oxygens (including phenoxy) is 1. The molecule has 0 bridgehead atoms. The molecule has 178 valence electrons. The summed E-state index contributed by atoms with van der Waals surface area (Å²) >= 11 is 0. The fourth-order valence-electron chi connectivity index (χ4n) is 2.37. The first-order valence-corrected chi connectivity index (χ1v) is 9.96. The van der Waals surface area contributed by atoms with E-state index in [2.05, 4.69) is 17.1 Å². The van der Waals surface area contributed by atoms with Crippen LogP contribution in [0.3, 0.4) is 0 Å². The van der Waals surface area contributed by atoms with E-state index in [1.54, 1.807) is 12.3 Å². The highest BCUT2D eigenvalue weighted by atomic mass is 19.4. The van der Waals surface area contributed by atoms with Crippen molar-refractivity contribution in [3.05, 3.63) is 34.9 Å². The van der Waals surface area contributed by atoms with Crippen molar-refractivity contribution in [2.75, 3.05) is 13.2 Å². The first-order chi connectivity index (χ1) is 14.8. The number of alkyl halides is 3. The number of halogens is 3. The minimum Gasteiger partial charge on any atom is -0.476 e. The third-order valence-corrected chi connectivity index (χ3v) is 5.26. The average molecular weight is 460 g/mol. The average Bonchev–Trinajstić information content (AvgIpc) is 3.56. The zero-order valence-electron chi connectivity index (χ0n) is 18.1. The van der Waals surface area contributed by atoms with Gasteiger partial charge in [-0.25, -0.2) is 9.36 Å². The van der Waals surface area contributed by atoms with Gasteiger partial charge in [0.25, 0.3) is 5.56 Å². The van der Waals surface area contributed by atoms with Crippen molar-refractivity contribution in [1.29, 1.82) is 0 Å². The summed E-state index contributed by atoms with van der Waals surface area (Å²) in [6.07, 6.45) is 1.44. The van der Waals surface area contributed by atoms with E-state index in [1.165, 1.54) is 43.6 Å². The number of hydrogen-bond acceptors (Lipinski definition) is 6. The summed E-state index contributed by atoms with van der Waals surface area (Å²) in [5, 5.41) is 14.5. The number of hydrogen-bond donors (Lipinski definition) is 2. The maximum Gasteiger partial charge on any atom is 0.396 e. The molecule has 9 nitrogen and oxygen atoms in total. The van der Waals surface area contributed by atoms with Crippen LogP contribution in [0.1, 0.15) is 56.0 Å². The Morgan fingerprint density at radius 2 is 1.78 bits per heavy atom. The van der Waals surface area contributed by atoms with Crippen molar-refractivity contribution in [2.24, 2.45) is 10.8 Å². The summed E-state index contributed by atoms with van der Waals surface area (Å²) in [6, 6.07) is 3.01. The Labute approximate surface area is 182 Å². The molecular weight excluding hydrogens is 433 g/mol. The number of nitrogens with zero attached hydrogens (tertiary/aromatic N) is 3. The molecule has 0 amide bonds. The van der Waals surface area contributed by atoms with Gasteiger partial charge in [-0.3, -0.25) is 19.5 Å². The molecule has 2 saturated carbocycles. The summed E-state index contributed by atoms with van der Waals surface area (Å²) in [6.45, 7) is 4.97. The van der Waals surface area contributed by atoms with E-state index in [0.29, 0.717) is 17.9 Å². The summed E-state index contributed by atoms with van der Waals surface area (Å²) in [4.78, 5) is 31.7. The van der Waals surface area contributed by atoms with E-state index >= 15 is 0 Å². The third-order valence-electron chi connectivity index (χ3n) is 5.26. The van der Waals surface area contributed by atoms with Crippen molar-refractivity contribution < 1.29 is 32.6 Å². The van der Waals surface area contributed by atoms with Gasteiger partial charge in [-0.15, -0.1) is 5.10 Å². The smallest absolute Gasteiger partial charge is 0.396 e. The molecule has 2 aliphatic rings. The summed E-state index contributed by atoms with van der Waals surface area (Å²) in [7, 11) is 0. The normalized spacial score (nSPS) is 17.2. The predicted molar refractivity (Wildman–Crippen MR) is 108 cm³/mol. The molecule has 0 atom stereocenters. The van der Waals surface area contributed by atoms with Gasteiger partial charge < -0.3 is 9.84 Å². The van der Waals surface area contributed by atoms with Gasteiger partial charge in [-0.1, -0.05) is 6.92 Å². The lowest BCUT2D eigenvalue weighted by atomic mass is 10.1. The van der Waals surface area contributed by atoms with Crippen LogP contribution in [0.25, 0.3) is 0 Å². The quantitative estimate of drug-likeness (QED) is 0.724. The Bertz CT molecular complexity index is 984. The van der Waals surface area contributed by atoms with E-state index in [9.17, 15) is 27.6 Å². The van der Waals surface area contributed by atoms with Crippen molar-refractivity contribution >= 4 is 11.8 Å². The minimum absolute atomic E-state index is 0.0903. The molecule has 0 aliphatic heterocycles. The highest BCUT2D eigenvalue weighted by molar-refractivity contribution is 5.75. The molecule has 2 aromatic heterocycles. The van der Waals surface area contributed by atoms with E-state index in [0.717, 1.165) is 4.68 Å². The Kier molecular flexibility index (Phi) is 7.70. The number of nitrogens with one attached hydrogen (secondary N) is 1. The first kappa shape index (κ1) is 25.4. The van der Waals surface area contributed by atoms with Crippen molar-refractivity contribution in [2.45, 2.75) is 52.6 Å². The van der Waals surface area contributed by atoms with Gasteiger partial charge in [0.05, 0.1) is 18.6 Å². The summed E-state index contributed by atoms with van der Waals surface area (Å²) in [5.74, 6) is 0.239. The SMILES string of the molecule is CC(=O)n1ccc(=O)[nH]1.CC(=O)n1ccc(OCC2(C)CC2)n1.OCC1(C(F)(F)F)CC1. The van der Waals surface area contributed by atoms with Crippen LogP contribution in [0.15, 0.2) is 29.3 Å². The number of rotatable bonds is 4. The maximum absolute atomic E-state index is 11.7. The van der Waals surface area contributed by atoms with E-state index in [1.807, 2.05) is 0 Å². The topological polar surface area (TPSA) is 119 Å². The molecule has 0 aromatic carbocycles. The van der Waals surface area contributed by atoms with Crippen molar-refractivity contribution in [1.82, 2.24) is 19.6 Å². The van der Waals surface area contributed by atoms with Gasteiger partial charge in [0.15, 0.2) is 0 Å². The fourth-order valence-corrected chi connectivity index (χ4v) is 2.37. The maximum atomic E-state index is 11.7. The zero-order valence-corrected chi connectivity index (χ0v) is 18.1. The number of H-pyrrole nitrogens is 1. The van der Waals surface area contributed by atoms with Gasteiger partial charge >= 0.3 is 6.18 Å². The molecule has 0 saturated heterocycles. The molecule has 12 heteroatoms. The third kappa shape index (κ3) is 7.08.